The van der Waals surface area contributed by atoms with Crippen molar-refractivity contribution >= 4 is 17.3 Å². The predicted molar refractivity (Wildman–Crippen MR) is 152 cm³/mol. The lowest BCUT2D eigenvalue weighted by molar-refractivity contribution is -0.134. The van der Waals surface area contributed by atoms with Crippen LogP contribution in [0.1, 0.15) is 81.4 Å². The molecule has 0 saturated heterocycles. The van der Waals surface area contributed by atoms with Crippen molar-refractivity contribution < 1.29 is 24.2 Å². The minimum atomic E-state index is -0.931. The molecular weight excluding hydrogens is 488 g/mol. The standard InChI is InChI=1S/C34H38O5/c1-18-9-11-23(24-13-22(16-35)10-12-26(24)39-8)25-15-32(5)17-33(6)14-19(2)27(21(4)36)31(38)34(33,7)20(3)29(32)30(37)28(18)25/h9-13,35H,14-17H2,1-8H3. The summed E-state index contributed by atoms with van der Waals surface area (Å²) in [6.45, 7) is 13.4. The van der Waals surface area contributed by atoms with Crippen LogP contribution in [0.25, 0.3) is 11.1 Å². The van der Waals surface area contributed by atoms with E-state index in [4.69, 9.17) is 4.74 Å². The first-order valence-electron chi connectivity index (χ1n) is 13.7. The van der Waals surface area contributed by atoms with Crippen LogP contribution in [0.2, 0.25) is 0 Å². The zero-order chi connectivity index (χ0) is 28.7. The lowest BCUT2D eigenvalue weighted by atomic mass is 9.42. The molecule has 0 aromatic heterocycles. The number of fused-ring (bicyclic) bond motifs is 3. The molecule has 2 aromatic rings. The molecule has 3 atom stereocenters. The molecule has 204 valence electrons. The van der Waals surface area contributed by atoms with Gasteiger partial charge < -0.3 is 9.84 Å². The Balaban J connectivity index is 1.78. The monoisotopic (exact) mass is 526 g/mol. The summed E-state index contributed by atoms with van der Waals surface area (Å²) in [5, 5.41) is 9.83. The third-order valence-corrected chi connectivity index (χ3v) is 10.1. The van der Waals surface area contributed by atoms with E-state index in [-0.39, 0.29) is 24.0 Å². The highest BCUT2D eigenvalue weighted by Gasteiger charge is 2.63. The Kier molecular flexibility index (Phi) is 6.19. The van der Waals surface area contributed by atoms with E-state index in [1.807, 2.05) is 52.0 Å². The summed E-state index contributed by atoms with van der Waals surface area (Å²) < 4.78 is 5.70. The fourth-order valence-electron chi connectivity index (χ4n) is 8.23. The molecule has 0 radical (unpaired) electrons. The van der Waals surface area contributed by atoms with Crippen molar-refractivity contribution in [2.75, 3.05) is 7.11 Å². The van der Waals surface area contributed by atoms with E-state index in [0.29, 0.717) is 36.1 Å². The van der Waals surface area contributed by atoms with Crippen LogP contribution in [-0.2, 0) is 22.6 Å². The molecule has 2 aromatic carbocycles. The van der Waals surface area contributed by atoms with E-state index >= 15 is 0 Å². The number of methoxy groups -OCH3 is 1. The average molecular weight is 527 g/mol. The number of benzene rings is 2. The summed E-state index contributed by atoms with van der Waals surface area (Å²) in [7, 11) is 1.63. The molecule has 0 bridgehead atoms. The quantitative estimate of drug-likeness (QED) is 0.459. The maximum absolute atomic E-state index is 14.5. The van der Waals surface area contributed by atoms with Gasteiger partial charge in [0.25, 0.3) is 0 Å². The second-order valence-electron chi connectivity index (χ2n) is 12.6. The summed E-state index contributed by atoms with van der Waals surface area (Å²) in [6, 6.07) is 9.65. The smallest absolute Gasteiger partial charge is 0.190 e. The van der Waals surface area contributed by atoms with Gasteiger partial charge >= 0.3 is 0 Å². The van der Waals surface area contributed by atoms with E-state index in [1.54, 1.807) is 7.11 Å². The Hall–Kier alpha value is -3.31. The zero-order valence-corrected chi connectivity index (χ0v) is 24.3. The molecule has 3 aliphatic carbocycles. The van der Waals surface area contributed by atoms with Gasteiger partial charge in [-0.15, -0.1) is 0 Å². The first-order chi connectivity index (χ1) is 18.2. The number of hydrogen-bond donors (Lipinski definition) is 1. The molecule has 5 rings (SSSR count). The van der Waals surface area contributed by atoms with Gasteiger partial charge in [-0.3, -0.25) is 14.4 Å². The van der Waals surface area contributed by atoms with Crippen LogP contribution < -0.4 is 4.74 Å². The van der Waals surface area contributed by atoms with Gasteiger partial charge in [0, 0.05) is 22.1 Å². The molecule has 0 aliphatic heterocycles. The van der Waals surface area contributed by atoms with Crippen molar-refractivity contribution in [1.29, 1.82) is 0 Å². The molecular formula is C34H38O5. The molecule has 5 nitrogen and oxygen atoms in total. The second kappa shape index (κ2) is 8.85. The van der Waals surface area contributed by atoms with Gasteiger partial charge in [0.2, 0.25) is 0 Å². The molecule has 5 heteroatoms. The minimum Gasteiger partial charge on any atom is -0.496 e. The van der Waals surface area contributed by atoms with Crippen LogP contribution in [0.15, 0.2) is 52.6 Å². The SMILES string of the molecule is COc1ccc(CO)cc1-c1ccc(C)c2c1CC1(C)CC3(C)CC(C)=C(C(C)=O)C(=O)C3(C)C(C)=C1C2=O. The van der Waals surface area contributed by atoms with Crippen LogP contribution in [0, 0.1) is 23.2 Å². The Bertz CT molecular complexity index is 1540. The summed E-state index contributed by atoms with van der Waals surface area (Å²) in [5.74, 6) is 0.307. The number of aliphatic hydroxyl groups excluding tert-OH is 1. The number of aliphatic hydroxyl groups is 1. The van der Waals surface area contributed by atoms with Gasteiger partial charge in [-0.25, -0.2) is 0 Å². The Morgan fingerprint density at radius 1 is 1.00 bits per heavy atom. The number of carbonyl (C=O) groups excluding carboxylic acids is 3. The topological polar surface area (TPSA) is 80.7 Å². The van der Waals surface area contributed by atoms with Crippen molar-refractivity contribution in [2.24, 2.45) is 16.2 Å². The second-order valence-corrected chi connectivity index (χ2v) is 12.6. The number of ether oxygens (including phenoxy) is 1. The van der Waals surface area contributed by atoms with E-state index in [9.17, 15) is 19.5 Å². The van der Waals surface area contributed by atoms with Gasteiger partial charge in [-0.05, 0) is 93.7 Å². The van der Waals surface area contributed by atoms with Crippen LogP contribution in [0.5, 0.6) is 5.75 Å². The number of allylic oxidation sites excluding steroid dienone is 4. The average Bonchev–Trinajstić information content (AvgIpc) is 2.85. The maximum atomic E-state index is 14.5. The first-order valence-corrected chi connectivity index (χ1v) is 13.7. The number of hydrogen-bond acceptors (Lipinski definition) is 5. The lowest BCUT2D eigenvalue weighted by Crippen LogP contribution is -2.57. The van der Waals surface area contributed by atoms with Crippen LogP contribution in [0.4, 0.5) is 0 Å². The number of Topliss-reactive ketones (excluding diaryl/α,β-unsaturated/α-hetero) is 3. The molecule has 0 spiro atoms. The third-order valence-electron chi connectivity index (χ3n) is 10.1. The van der Waals surface area contributed by atoms with Crippen LogP contribution in [-0.4, -0.2) is 29.6 Å². The van der Waals surface area contributed by atoms with Crippen LogP contribution in [0.3, 0.4) is 0 Å². The number of rotatable bonds is 4. The number of aryl methyl sites for hydroxylation is 1. The van der Waals surface area contributed by atoms with Gasteiger partial charge in [0.05, 0.1) is 24.7 Å². The fraction of sp³-hybridized carbons (Fsp3) is 0.441. The summed E-state index contributed by atoms with van der Waals surface area (Å²) in [4.78, 5) is 41.1. The summed E-state index contributed by atoms with van der Waals surface area (Å²) in [6.07, 6.45) is 1.94. The molecule has 1 N–H and O–H groups in total. The molecule has 3 aliphatic rings. The van der Waals surface area contributed by atoms with E-state index in [0.717, 1.165) is 44.5 Å². The van der Waals surface area contributed by atoms with Crippen molar-refractivity contribution in [3.63, 3.8) is 0 Å². The van der Waals surface area contributed by atoms with E-state index < -0.39 is 16.2 Å². The molecule has 39 heavy (non-hydrogen) atoms. The number of carbonyl (C=O) groups is 3. The van der Waals surface area contributed by atoms with Gasteiger partial charge in [-0.2, -0.15) is 0 Å². The van der Waals surface area contributed by atoms with Crippen molar-refractivity contribution in [1.82, 2.24) is 0 Å². The normalized spacial score (nSPS) is 28.2. The zero-order valence-electron chi connectivity index (χ0n) is 24.3. The third kappa shape index (κ3) is 3.58. The van der Waals surface area contributed by atoms with E-state index in [1.165, 1.54) is 6.92 Å². The van der Waals surface area contributed by atoms with Gasteiger partial charge in [-0.1, -0.05) is 43.2 Å². The first kappa shape index (κ1) is 27.3. The molecule has 0 saturated carbocycles. The van der Waals surface area contributed by atoms with Crippen molar-refractivity contribution in [2.45, 2.75) is 74.3 Å². The summed E-state index contributed by atoms with van der Waals surface area (Å²) in [5.41, 5.74) is 5.94. The van der Waals surface area contributed by atoms with Crippen molar-refractivity contribution in [3.8, 4) is 16.9 Å². The highest BCUT2D eigenvalue weighted by molar-refractivity contribution is 6.24. The van der Waals surface area contributed by atoms with Gasteiger partial charge in [0.15, 0.2) is 17.3 Å². The molecule has 3 unspecified atom stereocenters. The molecule has 0 heterocycles. The predicted octanol–water partition coefficient (Wildman–Crippen LogP) is 6.52. The number of ketones is 3. The minimum absolute atomic E-state index is 0.0281. The van der Waals surface area contributed by atoms with Crippen molar-refractivity contribution in [3.05, 3.63) is 74.9 Å². The highest BCUT2D eigenvalue weighted by atomic mass is 16.5. The largest absolute Gasteiger partial charge is 0.496 e. The molecule has 0 amide bonds. The Morgan fingerprint density at radius 3 is 2.31 bits per heavy atom. The van der Waals surface area contributed by atoms with E-state index in [2.05, 4.69) is 19.9 Å². The fourth-order valence-corrected chi connectivity index (χ4v) is 8.23. The summed E-state index contributed by atoms with van der Waals surface area (Å²) >= 11 is 0. The Morgan fingerprint density at radius 2 is 1.69 bits per heavy atom. The maximum Gasteiger partial charge on any atom is 0.190 e. The Labute approximate surface area is 231 Å². The van der Waals surface area contributed by atoms with Gasteiger partial charge in [0.1, 0.15) is 5.75 Å². The molecule has 0 fully saturated rings. The van der Waals surface area contributed by atoms with Crippen LogP contribution >= 0.6 is 0 Å². The lowest BCUT2D eigenvalue weighted by Gasteiger charge is -2.59. The highest BCUT2D eigenvalue weighted by Crippen LogP contribution is 2.66.